The van der Waals surface area contributed by atoms with Gasteiger partial charge in [0.2, 0.25) is 0 Å². The average Bonchev–Trinajstić information content (AvgIpc) is 3.11. The molecule has 126 valence electrons. The van der Waals surface area contributed by atoms with Crippen molar-refractivity contribution in [3.8, 4) is 0 Å². The minimum atomic E-state index is -0.115. The Morgan fingerprint density at radius 3 is 2.79 bits per heavy atom. The minimum Gasteiger partial charge on any atom is -0.467 e. The monoisotopic (exact) mass is 326 g/mol. The third kappa shape index (κ3) is 2.39. The lowest BCUT2D eigenvalue weighted by Crippen LogP contribution is -2.36. The summed E-state index contributed by atoms with van der Waals surface area (Å²) in [5.74, 6) is 0.919. The molecule has 1 saturated carbocycles. The lowest BCUT2D eigenvalue weighted by molar-refractivity contribution is 0.0646. The van der Waals surface area contributed by atoms with Gasteiger partial charge in [-0.15, -0.1) is 0 Å². The highest BCUT2D eigenvalue weighted by atomic mass is 16.3. The van der Waals surface area contributed by atoms with Gasteiger partial charge in [0.1, 0.15) is 11.5 Å². The van der Waals surface area contributed by atoms with Crippen molar-refractivity contribution in [3.05, 3.63) is 46.7 Å². The van der Waals surface area contributed by atoms with Gasteiger partial charge < -0.3 is 14.3 Å². The number of furan rings is 1. The molecule has 0 unspecified atom stereocenters. The Morgan fingerprint density at radius 1 is 1.38 bits per heavy atom. The number of Topliss-reactive ketones (excluding diaryl/α,β-unsaturated/α-hetero) is 1. The molecule has 0 spiro atoms. The number of hydrogen-bond acceptors (Lipinski definition) is 3. The highest BCUT2D eigenvalue weighted by Crippen LogP contribution is 2.37. The summed E-state index contributed by atoms with van der Waals surface area (Å²) in [5, 5.41) is 0. The van der Waals surface area contributed by atoms with E-state index in [1.54, 1.807) is 6.26 Å². The predicted octanol–water partition coefficient (Wildman–Crippen LogP) is 3.80. The zero-order chi connectivity index (χ0) is 16.8. The Hall–Kier alpha value is -2.30. The van der Waals surface area contributed by atoms with Crippen molar-refractivity contribution < 1.29 is 14.0 Å². The standard InChI is InChI=1S/C19H22N2O3/c1-11-17-14(5-3-6-15(17)22)20-18(11)19(23)21(13-8-9-13)12(2)16-7-4-10-24-16/h4,7,10,12-13,20H,3,5-6,8-9H2,1-2H3/t12-/m0/s1. The maximum Gasteiger partial charge on any atom is 0.271 e. The van der Waals surface area contributed by atoms with Crippen LogP contribution in [0, 0.1) is 6.92 Å². The first-order valence-electron chi connectivity index (χ1n) is 8.68. The lowest BCUT2D eigenvalue weighted by atomic mass is 9.93. The Morgan fingerprint density at radius 2 is 2.17 bits per heavy atom. The van der Waals surface area contributed by atoms with Crippen LogP contribution in [-0.2, 0) is 6.42 Å². The second-order valence-electron chi connectivity index (χ2n) is 6.89. The average molecular weight is 326 g/mol. The van der Waals surface area contributed by atoms with Crippen LogP contribution in [0.25, 0.3) is 0 Å². The molecule has 2 aliphatic rings. The van der Waals surface area contributed by atoms with Gasteiger partial charge in [0.25, 0.3) is 5.91 Å². The molecule has 24 heavy (non-hydrogen) atoms. The Kier molecular flexibility index (Phi) is 3.59. The summed E-state index contributed by atoms with van der Waals surface area (Å²) in [5.41, 5.74) is 3.04. The van der Waals surface area contributed by atoms with Crippen molar-refractivity contribution in [1.82, 2.24) is 9.88 Å². The molecule has 0 saturated heterocycles. The number of aromatic amines is 1. The molecule has 2 aromatic heterocycles. The summed E-state index contributed by atoms with van der Waals surface area (Å²) in [4.78, 5) is 30.6. The van der Waals surface area contributed by atoms with E-state index in [4.69, 9.17) is 4.42 Å². The molecular formula is C19H22N2O3. The summed E-state index contributed by atoms with van der Waals surface area (Å²) < 4.78 is 5.51. The first kappa shape index (κ1) is 15.2. The van der Waals surface area contributed by atoms with Crippen LogP contribution in [0.4, 0.5) is 0 Å². The van der Waals surface area contributed by atoms with Crippen molar-refractivity contribution in [2.24, 2.45) is 0 Å². The quantitative estimate of drug-likeness (QED) is 0.929. The SMILES string of the molecule is Cc1c(C(=O)N(C2CC2)[C@@H](C)c2ccco2)[nH]c2c1C(=O)CCC2. The summed E-state index contributed by atoms with van der Waals surface area (Å²) in [6.07, 6.45) is 5.96. The number of fused-ring (bicyclic) bond motifs is 1. The van der Waals surface area contributed by atoms with Crippen molar-refractivity contribution in [2.45, 2.75) is 58.0 Å². The van der Waals surface area contributed by atoms with Gasteiger partial charge in [-0.05, 0) is 57.2 Å². The van der Waals surface area contributed by atoms with Crippen molar-refractivity contribution in [3.63, 3.8) is 0 Å². The molecule has 0 bridgehead atoms. The number of carbonyl (C=O) groups excluding carboxylic acids is 2. The fraction of sp³-hybridized carbons (Fsp3) is 0.474. The Labute approximate surface area is 141 Å². The van der Waals surface area contributed by atoms with Crippen LogP contribution in [0.5, 0.6) is 0 Å². The maximum atomic E-state index is 13.3. The van der Waals surface area contributed by atoms with Crippen LogP contribution in [0.15, 0.2) is 22.8 Å². The molecule has 5 heteroatoms. The number of hydrogen-bond donors (Lipinski definition) is 1. The second-order valence-corrected chi connectivity index (χ2v) is 6.89. The molecule has 1 fully saturated rings. The van der Waals surface area contributed by atoms with Crippen molar-refractivity contribution in [1.29, 1.82) is 0 Å². The molecule has 0 radical (unpaired) electrons. The van der Waals surface area contributed by atoms with E-state index in [9.17, 15) is 9.59 Å². The second kappa shape index (κ2) is 5.65. The van der Waals surface area contributed by atoms with Crippen LogP contribution in [0.2, 0.25) is 0 Å². The van der Waals surface area contributed by atoms with Crippen LogP contribution < -0.4 is 0 Å². The predicted molar refractivity (Wildman–Crippen MR) is 89.1 cm³/mol. The Balaban J connectivity index is 1.70. The number of ketones is 1. The fourth-order valence-corrected chi connectivity index (χ4v) is 3.79. The zero-order valence-electron chi connectivity index (χ0n) is 14.1. The summed E-state index contributed by atoms with van der Waals surface area (Å²) in [6, 6.07) is 3.89. The van der Waals surface area contributed by atoms with Crippen molar-refractivity contribution >= 4 is 11.7 Å². The zero-order valence-corrected chi connectivity index (χ0v) is 14.1. The number of rotatable bonds is 4. The van der Waals surface area contributed by atoms with Gasteiger partial charge >= 0.3 is 0 Å². The number of amides is 1. The molecule has 2 heterocycles. The molecule has 2 aliphatic carbocycles. The number of aryl methyl sites for hydroxylation is 1. The van der Waals surface area contributed by atoms with E-state index in [2.05, 4.69) is 4.98 Å². The van der Waals surface area contributed by atoms with Crippen LogP contribution in [-0.4, -0.2) is 27.6 Å². The number of aromatic nitrogens is 1. The van der Waals surface area contributed by atoms with E-state index in [1.165, 1.54) is 0 Å². The van der Waals surface area contributed by atoms with Gasteiger partial charge in [-0.2, -0.15) is 0 Å². The highest BCUT2D eigenvalue weighted by Gasteiger charge is 2.39. The first-order chi connectivity index (χ1) is 11.6. The first-order valence-corrected chi connectivity index (χ1v) is 8.68. The number of carbonyl (C=O) groups is 2. The molecule has 1 amide bonds. The van der Waals surface area contributed by atoms with E-state index >= 15 is 0 Å². The van der Waals surface area contributed by atoms with Crippen LogP contribution in [0.1, 0.15) is 76.5 Å². The number of H-pyrrole nitrogens is 1. The third-order valence-electron chi connectivity index (χ3n) is 5.20. The van der Waals surface area contributed by atoms with Crippen molar-refractivity contribution in [2.75, 3.05) is 0 Å². The summed E-state index contributed by atoms with van der Waals surface area (Å²) in [7, 11) is 0. The van der Waals surface area contributed by atoms with Gasteiger partial charge in [0.05, 0.1) is 12.3 Å². The van der Waals surface area contributed by atoms with Gasteiger partial charge in [-0.1, -0.05) is 0 Å². The number of nitrogens with one attached hydrogen (secondary N) is 1. The maximum absolute atomic E-state index is 13.3. The molecule has 1 N–H and O–H groups in total. The van der Waals surface area contributed by atoms with E-state index in [1.807, 2.05) is 30.9 Å². The lowest BCUT2D eigenvalue weighted by Gasteiger charge is -2.28. The van der Waals surface area contributed by atoms with E-state index < -0.39 is 0 Å². The van der Waals surface area contributed by atoms with E-state index in [0.29, 0.717) is 12.1 Å². The number of nitrogens with zero attached hydrogens (tertiary/aromatic N) is 1. The summed E-state index contributed by atoms with van der Waals surface area (Å²) >= 11 is 0. The topological polar surface area (TPSA) is 66.3 Å². The molecule has 0 aromatic carbocycles. The van der Waals surface area contributed by atoms with E-state index in [-0.39, 0.29) is 23.8 Å². The summed E-state index contributed by atoms with van der Waals surface area (Å²) in [6.45, 7) is 3.88. The minimum absolute atomic E-state index is 0.0268. The van der Waals surface area contributed by atoms with Gasteiger partial charge in [0, 0.05) is 23.7 Å². The third-order valence-corrected chi connectivity index (χ3v) is 5.20. The highest BCUT2D eigenvalue weighted by molar-refractivity contribution is 6.04. The van der Waals surface area contributed by atoms with Crippen LogP contribution in [0.3, 0.4) is 0 Å². The fourth-order valence-electron chi connectivity index (χ4n) is 3.79. The molecule has 2 aromatic rings. The van der Waals surface area contributed by atoms with Gasteiger partial charge in [-0.3, -0.25) is 9.59 Å². The molecule has 1 atom stereocenters. The van der Waals surface area contributed by atoms with E-state index in [0.717, 1.165) is 48.3 Å². The van der Waals surface area contributed by atoms with Gasteiger partial charge in [-0.25, -0.2) is 0 Å². The van der Waals surface area contributed by atoms with Crippen LogP contribution >= 0.6 is 0 Å². The Bertz CT molecular complexity index is 784. The molecule has 0 aliphatic heterocycles. The normalized spacial score (nSPS) is 18.3. The molecular weight excluding hydrogens is 304 g/mol. The largest absolute Gasteiger partial charge is 0.467 e. The molecule has 5 nitrogen and oxygen atoms in total. The smallest absolute Gasteiger partial charge is 0.271 e. The molecule has 4 rings (SSSR count). The van der Waals surface area contributed by atoms with Gasteiger partial charge in [0.15, 0.2) is 5.78 Å².